The molecule has 0 radical (unpaired) electrons. The molecule has 114 valence electrons. The molecule has 0 bridgehead atoms. The van der Waals surface area contributed by atoms with Gasteiger partial charge in [-0.1, -0.05) is 18.2 Å². The summed E-state index contributed by atoms with van der Waals surface area (Å²) >= 11 is 0. The molecular formula is C14H14F3NO3. The van der Waals surface area contributed by atoms with Crippen molar-refractivity contribution in [3.63, 3.8) is 0 Å². The number of hydrogen-bond donors (Lipinski definition) is 2. The molecule has 7 heteroatoms. The number of hydrogen-bond acceptors (Lipinski definition) is 2. The quantitative estimate of drug-likeness (QED) is 0.897. The molecule has 4 nitrogen and oxygen atoms in total. The van der Waals surface area contributed by atoms with Gasteiger partial charge in [0.25, 0.3) is 0 Å². The van der Waals surface area contributed by atoms with Gasteiger partial charge in [0.1, 0.15) is 6.04 Å². The Kier molecular flexibility index (Phi) is 3.93. The SMILES string of the molecule is C[C@H](NC(=O)[C@H]1C[C@H]1c1ccccc1C(F)(F)F)C(=O)O. The molecule has 1 aliphatic carbocycles. The van der Waals surface area contributed by atoms with Crippen LogP contribution in [0.4, 0.5) is 13.2 Å². The third-order valence-corrected chi connectivity index (χ3v) is 3.52. The first-order valence-electron chi connectivity index (χ1n) is 6.41. The van der Waals surface area contributed by atoms with Gasteiger partial charge in [-0.05, 0) is 30.9 Å². The van der Waals surface area contributed by atoms with Crippen LogP contribution in [0.1, 0.15) is 30.4 Å². The van der Waals surface area contributed by atoms with Crippen molar-refractivity contribution in [3.8, 4) is 0 Å². The molecule has 0 aromatic heterocycles. The second-order valence-corrected chi connectivity index (χ2v) is 5.10. The number of aliphatic carboxylic acids is 1. The summed E-state index contributed by atoms with van der Waals surface area (Å²) in [6.07, 6.45) is -4.17. The van der Waals surface area contributed by atoms with Crippen molar-refractivity contribution in [1.82, 2.24) is 5.32 Å². The van der Waals surface area contributed by atoms with Crippen LogP contribution in [0.3, 0.4) is 0 Å². The maximum Gasteiger partial charge on any atom is 0.416 e. The van der Waals surface area contributed by atoms with Crippen molar-refractivity contribution < 1.29 is 27.9 Å². The minimum atomic E-state index is -4.46. The van der Waals surface area contributed by atoms with Crippen LogP contribution in [-0.2, 0) is 15.8 Å². The number of rotatable bonds is 4. The van der Waals surface area contributed by atoms with Gasteiger partial charge in [0.15, 0.2) is 0 Å². The number of alkyl halides is 3. The Bertz CT molecular complexity index is 571. The monoisotopic (exact) mass is 301 g/mol. The molecule has 0 saturated heterocycles. The van der Waals surface area contributed by atoms with E-state index in [2.05, 4.69) is 5.32 Å². The van der Waals surface area contributed by atoms with Gasteiger partial charge in [0.2, 0.25) is 5.91 Å². The highest BCUT2D eigenvalue weighted by atomic mass is 19.4. The summed E-state index contributed by atoms with van der Waals surface area (Å²) in [4.78, 5) is 22.5. The van der Waals surface area contributed by atoms with Crippen molar-refractivity contribution in [2.75, 3.05) is 0 Å². The Morgan fingerprint density at radius 1 is 1.33 bits per heavy atom. The molecule has 1 aromatic carbocycles. The Balaban J connectivity index is 2.11. The van der Waals surface area contributed by atoms with E-state index >= 15 is 0 Å². The highest BCUT2D eigenvalue weighted by Gasteiger charge is 2.48. The molecule has 3 atom stereocenters. The van der Waals surface area contributed by atoms with Gasteiger partial charge in [-0.3, -0.25) is 9.59 Å². The zero-order chi connectivity index (χ0) is 15.8. The van der Waals surface area contributed by atoms with E-state index in [1.165, 1.54) is 25.1 Å². The maximum atomic E-state index is 12.9. The summed E-state index contributed by atoms with van der Waals surface area (Å²) in [6, 6.07) is 4.09. The molecule has 1 saturated carbocycles. The lowest BCUT2D eigenvalue weighted by Crippen LogP contribution is -2.39. The zero-order valence-corrected chi connectivity index (χ0v) is 11.1. The second-order valence-electron chi connectivity index (χ2n) is 5.10. The fourth-order valence-electron chi connectivity index (χ4n) is 2.29. The second kappa shape index (κ2) is 5.38. The van der Waals surface area contributed by atoms with E-state index in [0.717, 1.165) is 6.07 Å². The van der Waals surface area contributed by atoms with Gasteiger partial charge in [0, 0.05) is 5.92 Å². The maximum absolute atomic E-state index is 12.9. The summed E-state index contributed by atoms with van der Waals surface area (Å²) in [7, 11) is 0. The molecule has 0 heterocycles. The van der Waals surface area contributed by atoms with Crippen molar-refractivity contribution in [2.24, 2.45) is 5.92 Å². The van der Waals surface area contributed by atoms with Crippen LogP contribution in [-0.4, -0.2) is 23.0 Å². The van der Waals surface area contributed by atoms with Crippen molar-refractivity contribution in [2.45, 2.75) is 31.5 Å². The Morgan fingerprint density at radius 3 is 2.52 bits per heavy atom. The summed E-state index contributed by atoms with van der Waals surface area (Å²) in [5.41, 5.74) is -0.648. The smallest absolute Gasteiger partial charge is 0.416 e. The summed E-state index contributed by atoms with van der Waals surface area (Å²) < 4.78 is 38.7. The largest absolute Gasteiger partial charge is 0.480 e. The lowest BCUT2D eigenvalue weighted by molar-refractivity contribution is -0.141. The average Bonchev–Trinajstić information content (AvgIpc) is 3.17. The third kappa shape index (κ3) is 3.34. The third-order valence-electron chi connectivity index (χ3n) is 3.52. The minimum absolute atomic E-state index is 0.0909. The fourth-order valence-corrected chi connectivity index (χ4v) is 2.29. The molecule has 0 aliphatic heterocycles. The van der Waals surface area contributed by atoms with Crippen LogP contribution in [0.2, 0.25) is 0 Å². The molecule has 0 unspecified atom stereocenters. The summed E-state index contributed by atoms with van der Waals surface area (Å²) in [5, 5.41) is 11.0. The first kappa shape index (κ1) is 15.3. The van der Waals surface area contributed by atoms with E-state index < -0.39 is 41.5 Å². The predicted octanol–water partition coefficient (Wildman–Crippen LogP) is 2.40. The number of carbonyl (C=O) groups is 2. The highest BCUT2D eigenvalue weighted by molar-refractivity contribution is 5.87. The zero-order valence-electron chi connectivity index (χ0n) is 11.1. The fraction of sp³-hybridized carbons (Fsp3) is 0.429. The van der Waals surface area contributed by atoms with Gasteiger partial charge < -0.3 is 10.4 Å². The standard InChI is InChI=1S/C14H14F3NO3/c1-7(13(20)21)18-12(19)10-6-9(10)8-4-2-3-5-11(8)14(15,16)17/h2-5,7,9-10H,6H2,1H3,(H,18,19)(H,20,21)/t7-,9-,10-/m0/s1. The van der Waals surface area contributed by atoms with E-state index in [1.807, 2.05) is 0 Å². The Labute approximate surface area is 119 Å². The number of nitrogens with one attached hydrogen (secondary N) is 1. The highest BCUT2D eigenvalue weighted by Crippen LogP contribution is 2.51. The van der Waals surface area contributed by atoms with Crippen LogP contribution in [0.15, 0.2) is 24.3 Å². The minimum Gasteiger partial charge on any atom is -0.480 e. The summed E-state index contributed by atoms with van der Waals surface area (Å²) in [6.45, 7) is 1.31. The number of carboxylic acids is 1. The Hall–Kier alpha value is -2.05. The molecule has 2 N–H and O–H groups in total. The lowest BCUT2D eigenvalue weighted by Gasteiger charge is -2.13. The molecule has 21 heavy (non-hydrogen) atoms. The normalized spacial score (nSPS) is 22.5. The van der Waals surface area contributed by atoms with Crippen LogP contribution in [0.5, 0.6) is 0 Å². The van der Waals surface area contributed by atoms with Gasteiger partial charge in [-0.15, -0.1) is 0 Å². The number of carbonyl (C=O) groups excluding carboxylic acids is 1. The molecule has 1 aliphatic rings. The molecule has 1 aromatic rings. The molecule has 0 spiro atoms. The van der Waals surface area contributed by atoms with E-state index in [0.29, 0.717) is 6.42 Å². The van der Waals surface area contributed by atoms with Crippen molar-refractivity contribution >= 4 is 11.9 Å². The van der Waals surface area contributed by atoms with Gasteiger partial charge in [-0.2, -0.15) is 13.2 Å². The van der Waals surface area contributed by atoms with Gasteiger partial charge in [0.05, 0.1) is 5.56 Å². The van der Waals surface area contributed by atoms with Crippen LogP contribution < -0.4 is 5.32 Å². The molecule has 1 fully saturated rings. The molecular weight excluding hydrogens is 287 g/mol. The molecule has 1 amide bonds. The summed E-state index contributed by atoms with van der Waals surface area (Å²) in [5.74, 6) is -2.82. The van der Waals surface area contributed by atoms with E-state index in [1.54, 1.807) is 0 Å². The number of halogens is 3. The molecule has 2 rings (SSSR count). The van der Waals surface area contributed by atoms with Crippen LogP contribution >= 0.6 is 0 Å². The Morgan fingerprint density at radius 2 is 1.95 bits per heavy atom. The lowest BCUT2D eigenvalue weighted by atomic mass is 10.0. The van der Waals surface area contributed by atoms with Crippen molar-refractivity contribution in [1.29, 1.82) is 0 Å². The topological polar surface area (TPSA) is 66.4 Å². The average molecular weight is 301 g/mol. The van der Waals surface area contributed by atoms with Gasteiger partial charge >= 0.3 is 12.1 Å². The van der Waals surface area contributed by atoms with E-state index in [4.69, 9.17) is 5.11 Å². The first-order chi connectivity index (χ1) is 9.71. The van der Waals surface area contributed by atoms with Crippen LogP contribution in [0, 0.1) is 5.92 Å². The van der Waals surface area contributed by atoms with E-state index in [9.17, 15) is 22.8 Å². The number of carboxylic acid groups (broad SMARTS) is 1. The van der Waals surface area contributed by atoms with Crippen molar-refractivity contribution in [3.05, 3.63) is 35.4 Å². The van der Waals surface area contributed by atoms with Gasteiger partial charge in [-0.25, -0.2) is 0 Å². The first-order valence-corrected chi connectivity index (χ1v) is 6.41. The van der Waals surface area contributed by atoms with E-state index in [-0.39, 0.29) is 5.56 Å². The number of amides is 1. The van der Waals surface area contributed by atoms with Crippen LogP contribution in [0.25, 0.3) is 0 Å². The number of benzene rings is 1. The predicted molar refractivity (Wildman–Crippen MR) is 67.5 cm³/mol.